The molecule has 0 unspecified atom stereocenters. The first-order chi connectivity index (χ1) is 10.2. The maximum absolute atomic E-state index is 11.7. The molecule has 106 valence electrons. The molecular formula is C15H11ClN2O3. The fourth-order valence-corrected chi connectivity index (χ4v) is 1.73. The molecule has 1 aromatic heterocycles. The summed E-state index contributed by atoms with van der Waals surface area (Å²) in [5, 5.41) is 8.92. The lowest BCUT2D eigenvalue weighted by atomic mass is 10.2. The Balaban J connectivity index is 1.78. The van der Waals surface area contributed by atoms with Crippen molar-refractivity contribution in [2.75, 3.05) is 13.2 Å². The third-order valence-electron chi connectivity index (χ3n) is 2.56. The number of carbonyl (C=O) groups excluding carboxylic acids is 1. The van der Waals surface area contributed by atoms with E-state index in [1.165, 1.54) is 18.5 Å². The number of esters is 1. The highest BCUT2D eigenvalue weighted by Gasteiger charge is 2.11. The minimum absolute atomic E-state index is 0.0947. The fraction of sp³-hybridized carbons (Fsp3) is 0.133. The maximum Gasteiger partial charge on any atom is 0.339 e. The molecule has 1 aromatic carbocycles. The molecular weight excluding hydrogens is 292 g/mol. The van der Waals surface area contributed by atoms with E-state index >= 15 is 0 Å². The van der Waals surface area contributed by atoms with Crippen LogP contribution < -0.4 is 4.74 Å². The summed E-state index contributed by atoms with van der Waals surface area (Å²) in [6.07, 6.45) is 2.85. The van der Waals surface area contributed by atoms with Crippen molar-refractivity contribution >= 4 is 17.6 Å². The number of rotatable bonds is 5. The van der Waals surface area contributed by atoms with Gasteiger partial charge in [-0.15, -0.1) is 0 Å². The van der Waals surface area contributed by atoms with E-state index in [1.54, 1.807) is 24.3 Å². The zero-order valence-corrected chi connectivity index (χ0v) is 11.7. The Morgan fingerprint density at radius 2 is 2.00 bits per heavy atom. The van der Waals surface area contributed by atoms with Crippen LogP contribution in [0.5, 0.6) is 5.75 Å². The summed E-state index contributed by atoms with van der Waals surface area (Å²) in [6.45, 7) is 0.303. The molecule has 0 bridgehead atoms. The number of aromatic nitrogens is 1. The van der Waals surface area contributed by atoms with E-state index in [1.807, 2.05) is 6.07 Å². The SMILES string of the molecule is N#Cc1ccc(OCCOC(=O)c2ccncc2Cl)cc1. The molecule has 0 fully saturated rings. The molecule has 0 radical (unpaired) electrons. The van der Waals surface area contributed by atoms with Crippen molar-refractivity contribution in [3.05, 3.63) is 58.9 Å². The molecule has 0 aliphatic carbocycles. The standard InChI is InChI=1S/C15H11ClN2O3/c16-14-10-18-6-5-13(14)15(19)21-8-7-20-12-3-1-11(9-17)2-4-12/h1-6,10H,7-8H2. The van der Waals surface area contributed by atoms with E-state index in [0.29, 0.717) is 11.3 Å². The van der Waals surface area contributed by atoms with E-state index in [2.05, 4.69) is 4.98 Å². The molecule has 0 atom stereocenters. The van der Waals surface area contributed by atoms with Crippen molar-refractivity contribution in [2.24, 2.45) is 0 Å². The molecule has 0 saturated heterocycles. The minimum atomic E-state index is -0.522. The van der Waals surface area contributed by atoms with Gasteiger partial charge < -0.3 is 9.47 Å². The fourth-order valence-electron chi connectivity index (χ4n) is 1.54. The van der Waals surface area contributed by atoms with Crippen LogP contribution in [0.1, 0.15) is 15.9 Å². The van der Waals surface area contributed by atoms with Crippen LogP contribution in [0.4, 0.5) is 0 Å². The molecule has 0 amide bonds. The van der Waals surface area contributed by atoms with Crippen molar-refractivity contribution in [3.63, 3.8) is 0 Å². The first-order valence-electron chi connectivity index (χ1n) is 6.10. The van der Waals surface area contributed by atoms with Gasteiger partial charge in [0.15, 0.2) is 0 Å². The van der Waals surface area contributed by atoms with Crippen LogP contribution in [0.3, 0.4) is 0 Å². The second-order valence-corrected chi connectivity index (χ2v) is 4.38. The number of nitrogens with zero attached hydrogens (tertiary/aromatic N) is 2. The van der Waals surface area contributed by atoms with E-state index < -0.39 is 5.97 Å². The van der Waals surface area contributed by atoms with Crippen LogP contribution in [0, 0.1) is 11.3 Å². The molecule has 0 spiro atoms. The Hall–Kier alpha value is -2.58. The van der Waals surface area contributed by atoms with Gasteiger partial charge in [-0.3, -0.25) is 4.98 Å². The molecule has 6 heteroatoms. The number of hydrogen-bond acceptors (Lipinski definition) is 5. The lowest BCUT2D eigenvalue weighted by Gasteiger charge is -2.08. The molecule has 5 nitrogen and oxygen atoms in total. The van der Waals surface area contributed by atoms with Gasteiger partial charge in [0.1, 0.15) is 19.0 Å². The smallest absolute Gasteiger partial charge is 0.339 e. The second kappa shape index (κ2) is 7.27. The Labute approximate surface area is 126 Å². The van der Waals surface area contributed by atoms with Gasteiger partial charge in [-0.2, -0.15) is 5.26 Å². The molecule has 0 N–H and O–H groups in total. The molecule has 2 aromatic rings. The molecule has 21 heavy (non-hydrogen) atoms. The van der Waals surface area contributed by atoms with Crippen LogP contribution in [0.15, 0.2) is 42.7 Å². The number of carbonyl (C=O) groups is 1. The lowest BCUT2D eigenvalue weighted by Crippen LogP contribution is -2.12. The van der Waals surface area contributed by atoms with Gasteiger partial charge in [0, 0.05) is 12.4 Å². The van der Waals surface area contributed by atoms with E-state index in [-0.39, 0.29) is 23.8 Å². The van der Waals surface area contributed by atoms with E-state index in [9.17, 15) is 4.79 Å². The summed E-state index contributed by atoms with van der Waals surface area (Å²) in [4.78, 5) is 15.5. The predicted octanol–water partition coefficient (Wildman–Crippen LogP) is 2.84. The van der Waals surface area contributed by atoms with Gasteiger partial charge in [0.25, 0.3) is 0 Å². The van der Waals surface area contributed by atoms with Crippen molar-refractivity contribution in [1.29, 1.82) is 5.26 Å². The normalized spacial score (nSPS) is 9.71. The number of nitriles is 1. The minimum Gasteiger partial charge on any atom is -0.490 e. The summed E-state index contributed by atoms with van der Waals surface area (Å²) >= 11 is 5.84. The summed E-state index contributed by atoms with van der Waals surface area (Å²) in [6, 6.07) is 10.2. The third-order valence-corrected chi connectivity index (χ3v) is 2.86. The highest BCUT2D eigenvalue weighted by Crippen LogP contribution is 2.14. The van der Waals surface area contributed by atoms with Crippen molar-refractivity contribution in [3.8, 4) is 11.8 Å². The Kier molecular flexibility index (Phi) is 5.13. The van der Waals surface area contributed by atoms with Crippen LogP contribution in [0.2, 0.25) is 5.02 Å². The zero-order chi connectivity index (χ0) is 15.1. The first kappa shape index (κ1) is 14.8. The molecule has 2 rings (SSSR count). The largest absolute Gasteiger partial charge is 0.490 e. The van der Waals surface area contributed by atoms with Gasteiger partial charge in [0.2, 0.25) is 0 Å². The molecule has 0 aliphatic heterocycles. The van der Waals surface area contributed by atoms with Gasteiger partial charge >= 0.3 is 5.97 Å². The Morgan fingerprint density at radius 1 is 1.24 bits per heavy atom. The molecule has 0 aliphatic rings. The first-order valence-corrected chi connectivity index (χ1v) is 6.48. The summed E-state index contributed by atoms with van der Waals surface area (Å²) < 4.78 is 10.4. The van der Waals surface area contributed by atoms with Gasteiger partial charge in [-0.1, -0.05) is 11.6 Å². The average Bonchev–Trinajstić information content (AvgIpc) is 2.52. The monoisotopic (exact) mass is 302 g/mol. The van der Waals surface area contributed by atoms with Crippen LogP contribution >= 0.6 is 11.6 Å². The molecule has 0 saturated carbocycles. The van der Waals surface area contributed by atoms with E-state index in [4.69, 9.17) is 26.3 Å². The van der Waals surface area contributed by atoms with Crippen LogP contribution in [0.25, 0.3) is 0 Å². The van der Waals surface area contributed by atoms with Crippen molar-refractivity contribution < 1.29 is 14.3 Å². The van der Waals surface area contributed by atoms with Gasteiger partial charge in [-0.25, -0.2) is 4.79 Å². The zero-order valence-electron chi connectivity index (χ0n) is 11.0. The molecule has 1 heterocycles. The highest BCUT2D eigenvalue weighted by atomic mass is 35.5. The van der Waals surface area contributed by atoms with Crippen molar-refractivity contribution in [1.82, 2.24) is 4.98 Å². The second-order valence-electron chi connectivity index (χ2n) is 3.98. The van der Waals surface area contributed by atoms with Crippen LogP contribution in [-0.4, -0.2) is 24.2 Å². The third kappa shape index (κ3) is 4.20. The lowest BCUT2D eigenvalue weighted by molar-refractivity contribution is 0.0450. The van der Waals surface area contributed by atoms with Gasteiger partial charge in [-0.05, 0) is 30.3 Å². The predicted molar refractivity (Wildman–Crippen MR) is 76.2 cm³/mol. The Bertz CT molecular complexity index is 665. The van der Waals surface area contributed by atoms with Crippen molar-refractivity contribution in [2.45, 2.75) is 0 Å². The Morgan fingerprint density at radius 3 is 2.67 bits per heavy atom. The summed E-state index contributed by atoms with van der Waals surface area (Å²) in [5.74, 6) is 0.0813. The highest BCUT2D eigenvalue weighted by molar-refractivity contribution is 6.33. The van der Waals surface area contributed by atoms with Crippen LogP contribution in [-0.2, 0) is 4.74 Å². The summed E-state index contributed by atoms with van der Waals surface area (Å²) in [5.41, 5.74) is 0.825. The van der Waals surface area contributed by atoms with Gasteiger partial charge in [0.05, 0.1) is 22.2 Å². The number of hydrogen-bond donors (Lipinski definition) is 0. The quantitative estimate of drug-likeness (QED) is 0.627. The number of pyridine rings is 1. The maximum atomic E-state index is 11.7. The topological polar surface area (TPSA) is 72.2 Å². The number of halogens is 1. The van der Waals surface area contributed by atoms with E-state index in [0.717, 1.165) is 0 Å². The number of benzene rings is 1. The summed E-state index contributed by atoms with van der Waals surface area (Å²) in [7, 11) is 0. The number of ether oxygens (including phenoxy) is 2. The average molecular weight is 303 g/mol.